The van der Waals surface area contributed by atoms with Crippen LogP contribution in [0.15, 0.2) is 24.3 Å². The minimum absolute atomic E-state index is 0.00835. The number of benzene rings is 1. The maximum absolute atomic E-state index is 12.9. The molecule has 0 bridgehead atoms. The number of hydrogen-bond acceptors (Lipinski definition) is 3. The monoisotopic (exact) mass is 386 g/mol. The SMILES string of the molecule is Cc1ccc2nc(Cl)c3cc(C(=O)NC4CCCC(C)C4C)sc3c2c1. The van der Waals surface area contributed by atoms with Crippen LogP contribution in [0.2, 0.25) is 5.15 Å². The molecule has 4 rings (SSSR count). The largest absolute Gasteiger partial charge is 0.348 e. The van der Waals surface area contributed by atoms with Crippen LogP contribution < -0.4 is 5.32 Å². The summed E-state index contributed by atoms with van der Waals surface area (Å²) in [5, 5.41) is 5.66. The van der Waals surface area contributed by atoms with Crippen LogP contribution in [-0.2, 0) is 0 Å². The molecule has 0 saturated heterocycles. The van der Waals surface area contributed by atoms with E-state index in [1.165, 1.54) is 29.7 Å². The molecule has 3 aromatic rings. The fourth-order valence-corrected chi connectivity index (χ4v) is 5.36. The second-order valence-corrected chi connectivity index (χ2v) is 9.03. The average Bonchev–Trinajstić information content (AvgIpc) is 3.06. The van der Waals surface area contributed by atoms with Gasteiger partial charge in [-0.2, -0.15) is 0 Å². The summed E-state index contributed by atoms with van der Waals surface area (Å²) in [5.41, 5.74) is 2.05. The van der Waals surface area contributed by atoms with E-state index in [0.717, 1.165) is 27.4 Å². The predicted octanol–water partition coefficient (Wildman–Crippen LogP) is 5.97. The van der Waals surface area contributed by atoms with Crippen molar-refractivity contribution < 1.29 is 4.79 Å². The van der Waals surface area contributed by atoms with E-state index >= 15 is 0 Å². The van der Waals surface area contributed by atoms with Crippen molar-refractivity contribution in [1.29, 1.82) is 0 Å². The van der Waals surface area contributed by atoms with Gasteiger partial charge in [-0.25, -0.2) is 4.98 Å². The first-order valence-corrected chi connectivity index (χ1v) is 10.4. The highest BCUT2D eigenvalue weighted by Crippen LogP contribution is 2.36. The van der Waals surface area contributed by atoms with Gasteiger partial charge in [0.15, 0.2) is 0 Å². The van der Waals surface area contributed by atoms with Crippen LogP contribution in [0.1, 0.15) is 48.3 Å². The van der Waals surface area contributed by atoms with E-state index in [4.69, 9.17) is 11.6 Å². The van der Waals surface area contributed by atoms with Gasteiger partial charge in [0.25, 0.3) is 5.91 Å². The van der Waals surface area contributed by atoms with E-state index in [2.05, 4.69) is 37.1 Å². The Kier molecular flexibility index (Phi) is 4.66. The van der Waals surface area contributed by atoms with Crippen molar-refractivity contribution in [1.82, 2.24) is 10.3 Å². The van der Waals surface area contributed by atoms with Crippen molar-refractivity contribution in [2.24, 2.45) is 11.8 Å². The molecule has 0 aliphatic heterocycles. The lowest BCUT2D eigenvalue weighted by molar-refractivity contribution is 0.0895. The van der Waals surface area contributed by atoms with Gasteiger partial charge in [0.05, 0.1) is 10.4 Å². The summed E-state index contributed by atoms with van der Waals surface area (Å²) < 4.78 is 1.04. The van der Waals surface area contributed by atoms with Crippen molar-refractivity contribution in [2.45, 2.75) is 46.1 Å². The molecule has 0 radical (unpaired) electrons. The molecule has 1 amide bonds. The zero-order valence-corrected chi connectivity index (χ0v) is 16.9. The molecule has 26 heavy (non-hydrogen) atoms. The molecule has 1 aliphatic carbocycles. The van der Waals surface area contributed by atoms with Crippen molar-refractivity contribution in [3.8, 4) is 0 Å². The summed E-state index contributed by atoms with van der Waals surface area (Å²) in [5.74, 6) is 1.17. The number of fused-ring (bicyclic) bond motifs is 3. The van der Waals surface area contributed by atoms with Gasteiger partial charge in [0, 0.05) is 21.5 Å². The topological polar surface area (TPSA) is 42.0 Å². The number of hydrogen-bond donors (Lipinski definition) is 1. The Bertz CT molecular complexity index is 996. The summed E-state index contributed by atoms with van der Waals surface area (Å²) in [4.78, 5) is 18.1. The second-order valence-electron chi connectivity index (χ2n) is 7.62. The van der Waals surface area contributed by atoms with E-state index in [-0.39, 0.29) is 11.9 Å². The molecule has 1 aromatic carbocycles. The number of thiophene rings is 1. The molecule has 2 heterocycles. The maximum Gasteiger partial charge on any atom is 0.261 e. The van der Waals surface area contributed by atoms with Crippen LogP contribution in [0.5, 0.6) is 0 Å². The minimum Gasteiger partial charge on any atom is -0.348 e. The van der Waals surface area contributed by atoms with E-state index in [1.807, 2.05) is 18.2 Å². The Morgan fingerprint density at radius 1 is 1.23 bits per heavy atom. The predicted molar refractivity (Wildman–Crippen MR) is 110 cm³/mol. The lowest BCUT2D eigenvalue weighted by Gasteiger charge is -2.34. The van der Waals surface area contributed by atoms with E-state index in [9.17, 15) is 4.79 Å². The standard InChI is InChI=1S/C21H23ClN2OS/c1-11-7-8-17-14(9-11)19-15(20(22)23-17)10-18(26-19)21(25)24-16-6-4-5-12(2)13(16)3/h7-10,12-13,16H,4-6H2,1-3H3,(H,24,25). The molecular weight excluding hydrogens is 364 g/mol. The lowest BCUT2D eigenvalue weighted by Crippen LogP contribution is -2.43. The Hall–Kier alpha value is -1.65. The first-order valence-electron chi connectivity index (χ1n) is 9.24. The number of aromatic nitrogens is 1. The number of rotatable bonds is 2. The molecule has 136 valence electrons. The molecule has 3 unspecified atom stereocenters. The highest BCUT2D eigenvalue weighted by molar-refractivity contribution is 7.21. The third-order valence-electron chi connectivity index (χ3n) is 5.82. The van der Waals surface area contributed by atoms with Gasteiger partial charge in [-0.05, 0) is 43.4 Å². The number of aryl methyl sites for hydroxylation is 1. The van der Waals surface area contributed by atoms with Crippen LogP contribution in [-0.4, -0.2) is 16.9 Å². The smallest absolute Gasteiger partial charge is 0.261 e. The Labute approximate surface area is 162 Å². The zero-order chi connectivity index (χ0) is 18.4. The Morgan fingerprint density at radius 2 is 2.04 bits per heavy atom. The number of halogens is 1. The molecular formula is C21H23ClN2OS. The number of carbonyl (C=O) groups excluding carboxylic acids is 1. The molecule has 1 saturated carbocycles. The van der Waals surface area contributed by atoms with E-state index in [1.54, 1.807) is 0 Å². The number of amides is 1. The lowest BCUT2D eigenvalue weighted by atomic mass is 9.78. The van der Waals surface area contributed by atoms with Crippen molar-refractivity contribution in [3.05, 3.63) is 39.9 Å². The molecule has 5 heteroatoms. The molecule has 1 aliphatic rings. The highest BCUT2D eigenvalue weighted by Gasteiger charge is 2.29. The highest BCUT2D eigenvalue weighted by atomic mass is 35.5. The molecule has 1 N–H and O–H groups in total. The summed E-state index contributed by atoms with van der Waals surface area (Å²) in [7, 11) is 0. The van der Waals surface area contributed by atoms with Crippen molar-refractivity contribution >= 4 is 49.8 Å². The zero-order valence-electron chi connectivity index (χ0n) is 15.3. The summed E-state index contributed by atoms with van der Waals surface area (Å²) >= 11 is 7.90. The van der Waals surface area contributed by atoms with Crippen LogP contribution >= 0.6 is 22.9 Å². The molecule has 2 aromatic heterocycles. The van der Waals surface area contributed by atoms with Gasteiger partial charge in [0.1, 0.15) is 5.15 Å². The molecule has 1 fully saturated rings. The second kappa shape index (κ2) is 6.82. The van der Waals surface area contributed by atoms with Crippen LogP contribution in [0.25, 0.3) is 21.0 Å². The Morgan fingerprint density at radius 3 is 2.85 bits per heavy atom. The molecule has 3 atom stereocenters. The van der Waals surface area contributed by atoms with Gasteiger partial charge >= 0.3 is 0 Å². The molecule has 0 spiro atoms. The quantitative estimate of drug-likeness (QED) is 0.551. The van der Waals surface area contributed by atoms with Crippen LogP contribution in [0.3, 0.4) is 0 Å². The minimum atomic E-state index is 0.00835. The normalized spacial score (nSPS) is 23.5. The van der Waals surface area contributed by atoms with E-state index in [0.29, 0.717) is 21.9 Å². The number of pyridine rings is 1. The number of nitrogens with zero attached hydrogens (tertiary/aromatic N) is 1. The first kappa shape index (κ1) is 17.7. The van der Waals surface area contributed by atoms with E-state index < -0.39 is 0 Å². The average molecular weight is 387 g/mol. The van der Waals surface area contributed by atoms with Gasteiger partial charge in [-0.3, -0.25) is 4.79 Å². The van der Waals surface area contributed by atoms with Crippen LogP contribution in [0.4, 0.5) is 0 Å². The van der Waals surface area contributed by atoms with Gasteiger partial charge in [0.2, 0.25) is 0 Å². The maximum atomic E-state index is 12.9. The Balaban J connectivity index is 1.70. The van der Waals surface area contributed by atoms with Gasteiger partial charge in [-0.1, -0.05) is 49.9 Å². The summed E-state index contributed by atoms with van der Waals surface area (Å²) in [6, 6.07) is 8.28. The van der Waals surface area contributed by atoms with Gasteiger partial charge in [-0.15, -0.1) is 11.3 Å². The summed E-state index contributed by atoms with van der Waals surface area (Å²) in [6.45, 7) is 6.59. The van der Waals surface area contributed by atoms with Crippen molar-refractivity contribution in [3.63, 3.8) is 0 Å². The first-order chi connectivity index (χ1) is 12.4. The number of carbonyl (C=O) groups is 1. The fraction of sp³-hybridized carbons (Fsp3) is 0.429. The van der Waals surface area contributed by atoms with Gasteiger partial charge < -0.3 is 5.32 Å². The molecule has 3 nitrogen and oxygen atoms in total. The van der Waals surface area contributed by atoms with Crippen LogP contribution in [0, 0.1) is 18.8 Å². The third-order valence-corrected chi connectivity index (χ3v) is 7.27. The number of nitrogens with one attached hydrogen (secondary N) is 1. The van der Waals surface area contributed by atoms with Crippen molar-refractivity contribution in [2.75, 3.05) is 0 Å². The summed E-state index contributed by atoms with van der Waals surface area (Å²) in [6.07, 6.45) is 3.50. The fourth-order valence-electron chi connectivity index (χ4n) is 3.98. The third kappa shape index (κ3) is 3.10.